The van der Waals surface area contributed by atoms with Crippen LogP contribution in [0, 0.1) is 6.92 Å². The van der Waals surface area contributed by atoms with Crippen LogP contribution in [0.2, 0.25) is 0 Å². The summed E-state index contributed by atoms with van der Waals surface area (Å²) in [5, 5.41) is 9.95. The van der Waals surface area contributed by atoms with E-state index in [1.807, 2.05) is 0 Å². The maximum atomic E-state index is 11.6. The van der Waals surface area contributed by atoms with Gasteiger partial charge in [0.15, 0.2) is 5.82 Å². The number of hydrogen-bond acceptors (Lipinski definition) is 5. The first-order valence-electron chi connectivity index (χ1n) is 6.53. The number of aromatic nitrogens is 2. The summed E-state index contributed by atoms with van der Waals surface area (Å²) in [6, 6.07) is 0.523. The highest BCUT2D eigenvalue weighted by molar-refractivity contribution is 5.75. The van der Waals surface area contributed by atoms with Crippen LogP contribution in [0.15, 0.2) is 4.52 Å². The number of aryl methyl sites for hydroxylation is 1. The maximum Gasteiger partial charge on any atom is 0.228 e. The van der Waals surface area contributed by atoms with E-state index in [0.29, 0.717) is 37.1 Å². The average molecular weight is 252 g/mol. The molecule has 1 aliphatic rings. The van der Waals surface area contributed by atoms with E-state index >= 15 is 0 Å². The zero-order valence-electron chi connectivity index (χ0n) is 10.7. The summed E-state index contributed by atoms with van der Waals surface area (Å²) in [6.07, 6.45) is 4.51. The first kappa shape index (κ1) is 13.0. The lowest BCUT2D eigenvalue weighted by Gasteiger charge is -2.09. The molecule has 2 N–H and O–H groups in total. The SMILES string of the molecule is Cc1noc(CCNC(=O)CCC2CCCN2)n1. The van der Waals surface area contributed by atoms with Crippen LogP contribution in [0.5, 0.6) is 0 Å². The van der Waals surface area contributed by atoms with Gasteiger partial charge in [-0.25, -0.2) is 0 Å². The number of nitrogens with zero attached hydrogens (tertiary/aromatic N) is 2. The lowest BCUT2D eigenvalue weighted by molar-refractivity contribution is -0.121. The third-order valence-corrected chi connectivity index (χ3v) is 3.11. The third kappa shape index (κ3) is 4.10. The minimum atomic E-state index is 0.0972. The quantitative estimate of drug-likeness (QED) is 0.773. The Labute approximate surface area is 107 Å². The molecule has 0 bridgehead atoms. The second kappa shape index (κ2) is 6.49. The van der Waals surface area contributed by atoms with Crippen LogP contribution in [-0.4, -0.2) is 35.2 Å². The molecule has 1 aromatic rings. The zero-order valence-corrected chi connectivity index (χ0v) is 10.7. The number of amides is 1. The zero-order chi connectivity index (χ0) is 12.8. The van der Waals surface area contributed by atoms with E-state index in [1.165, 1.54) is 12.8 Å². The van der Waals surface area contributed by atoms with Crippen LogP contribution in [0.25, 0.3) is 0 Å². The number of carbonyl (C=O) groups excluding carboxylic acids is 1. The molecule has 100 valence electrons. The highest BCUT2D eigenvalue weighted by Crippen LogP contribution is 2.10. The van der Waals surface area contributed by atoms with Crippen molar-refractivity contribution in [3.8, 4) is 0 Å². The normalized spacial score (nSPS) is 19.1. The van der Waals surface area contributed by atoms with Gasteiger partial charge in [-0.1, -0.05) is 5.16 Å². The molecule has 1 aliphatic heterocycles. The molecular formula is C12H20N4O2. The summed E-state index contributed by atoms with van der Waals surface area (Å²) in [4.78, 5) is 15.7. The standard InChI is InChI=1S/C12H20N4O2/c1-9-15-12(18-16-9)6-8-14-11(17)5-4-10-3-2-7-13-10/h10,13H,2-8H2,1H3,(H,14,17). The summed E-state index contributed by atoms with van der Waals surface area (Å²) < 4.78 is 4.96. The van der Waals surface area contributed by atoms with E-state index in [1.54, 1.807) is 6.92 Å². The highest BCUT2D eigenvalue weighted by Gasteiger charge is 2.15. The fourth-order valence-corrected chi connectivity index (χ4v) is 2.15. The van der Waals surface area contributed by atoms with E-state index in [9.17, 15) is 4.79 Å². The molecule has 0 saturated carbocycles. The van der Waals surface area contributed by atoms with Crippen LogP contribution in [0.1, 0.15) is 37.4 Å². The summed E-state index contributed by atoms with van der Waals surface area (Å²) in [6.45, 7) is 3.42. The Hall–Kier alpha value is -1.43. The Kier molecular flexibility index (Phi) is 4.69. The number of carbonyl (C=O) groups is 1. The monoisotopic (exact) mass is 252 g/mol. The maximum absolute atomic E-state index is 11.6. The molecule has 0 aliphatic carbocycles. The van der Waals surface area contributed by atoms with Crippen molar-refractivity contribution >= 4 is 5.91 Å². The second-order valence-corrected chi connectivity index (χ2v) is 4.67. The minimum Gasteiger partial charge on any atom is -0.356 e. The molecule has 1 aromatic heterocycles. The van der Waals surface area contributed by atoms with Gasteiger partial charge in [-0.15, -0.1) is 0 Å². The van der Waals surface area contributed by atoms with Crippen molar-refractivity contribution in [2.45, 2.75) is 45.1 Å². The molecule has 2 heterocycles. The molecule has 1 amide bonds. The minimum absolute atomic E-state index is 0.0972. The molecule has 0 spiro atoms. The topological polar surface area (TPSA) is 80.0 Å². The smallest absolute Gasteiger partial charge is 0.228 e. The highest BCUT2D eigenvalue weighted by atomic mass is 16.5. The summed E-state index contributed by atoms with van der Waals surface area (Å²) in [5.41, 5.74) is 0. The van der Waals surface area contributed by atoms with Crippen molar-refractivity contribution in [2.24, 2.45) is 0 Å². The molecular weight excluding hydrogens is 232 g/mol. The fourth-order valence-electron chi connectivity index (χ4n) is 2.15. The molecule has 18 heavy (non-hydrogen) atoms. The first-order valence-corrected chi connectivity index (χ1v) is 6.53. The largest absolute Gasteiger partial charge is 0.356 e. The van der Waals surface area contributed by atoms with Crippen molar-refractivity contribution < 1.29 is 9.32 Å². The van der Waals surface area contributed by atoms with Crippen LogP contribution in [0.4, 0.5) is 0 Å². The molecule has 0 radical (unpaired) electrons. The first-order chi connectivity index (χ1) is 8.74. The predicted molar refractivity (Wildman–Crippen MR) is 66.0 cm³/mol. The summed E-state index contributed by atoms with van der Waals surface area (Å²) in [7, 11) is 0. The van der Waals surface area contributed by atoms with Crippen LogP contribution >= 0.6 is 0 Å². The predicted octanol–water partition coefficient (Wildman–Crippen LogP) is 0.569. The van der Waals surface area contributed by atoms with E-state index < -0.39 is 0 Å². The molecule has 2 rings (SSSR count). The molecule has 6 nitrogen and oxygen atoms in total. The Morgan fingerprint density at radius 2 is 2.50 bits per heavy atom. The van der Waals surface area contributed by atoms with Gasteiger partial charge in [-0.05, 0) is 32.7 Å². The molecule has 0 aromatic carbocycles. The van der Waals surface area contributed by atoms with E-state index in [0.717, 1.165) is 13.0 Å². The van der Waals surface area contributed by atoms with Crippen molar-refractivity contribution in [2.75, 3.05) is 13.1 Å². The van der Waals surface area contributed by atoms with E-state index in [-0.39, 0.29) is 5.91 Å². The van der Waals surface area contributed by atoms with Crippen LogP contribution < -0.4 is 10.6 Å². The fraction of sp³-hybridized carbons (Fsp3) is 0.750. The van der Waals surface area contributed by atoms with Crippen molar-refractivity contribution in [3.05, 3.63) is 11.7 Å². The lowest BCUT2D eigenvalue weighted by Crippen LogP contribution is -2.28. The van der Waals surface area contributed by atoms with Crippen LogP contribution in [0.3, 0.4) is 0 Å². The van der Waals surface area contributed by atoms with Gasteiger partial charge in [0, 0.05) is 25.4 Å². The Morgan fingerprint density at radius 3 is 3.17 bits per heavy atom. The van der Waals surface area contributed by atoms with Gasteiger partial charge >= 0.3 is 0 Å². The van der Waals surface area contributed by atoms with Crippen molar-refractivity contribution in [3.63, 3.8) is 0 Å². The Bertz CT molecular complexity index is 385. The Morgan fingerprint density at radius 1 is 1.61 bits per heavy atom. The molecule has 1 unspecified atom stereocenters. The average Bonchev–Trinajstić information content (AvgIpc) is 2.98. The van der Waals surface area contributed by atoms with Gasteiger partial charge < -0.3 is 15.2 Å². The van der Waals surface area contributed by atoms with E-state index in [2.05, 4.69) is 20.8 Å². The number of rotatable bonds is 6. The Balaban J connectivity index is 1.57. The molecule has 1 fully saturated rings. The van der Waals surface area contributed by atoms with E-state index in [4.69, 9.17) is 4.52 Å². The number of hydrogen-bond donors (Lipinski definition) is 2. The summed E-state index contributed by atoms with van der Waals surface area (Å²) >= 11 is 0. The van der Waals surface area contributed by atoms with Gasteiger partial charge in [-0.2, -0.15) is 4.98 Å². The van der Waals surface area contributed by atoms with Gasteiger partial charge in [0.05, 0.1) is 0 Å². The molecule has 1 atom stereocenters. The molecule has 1 saturated heterocycles. The molecule has 6 heteroatoms. The summed E-state index contributed by atoms with van der Waals surface area (Å²) in [5.74, 6) is 1.30. The van der Waals surface area contributed by atoms with Crippen molar-refractivity contribution in [1.82, 2.24) is 20.8 Å². The second-order valence-electron chi connectivity index (χ2n) is 4.67. The lowest BCUT2D eigenvalue weighted by atomic mass is 10.1. The van der Waals surface area contributed by atoms with Gasteiger partial charge in [0.1, 0.15) is 0 Å². The van der Waals surface area contributed by atoms with Gasteiger partial charge in [0.2, 0.25) is 11.8 Å². The van der Waals surface area contributed by atoms with Gasteiger partial charge in [0.25, 0.3) is 0 Å². The van der Waals surface area contributed by atoms with Gasteiger partial charge in [-0.3, -0.25) is 4.79 Å². The number of nitrogens with one attached hydrogen (secondary N) is 2. The van der Waals surface area contributed by atoms with Crippen molar-refractivity contribution in [1.29, 1.82) is 0 Å². The van der Waals surface area contributed by atoms with Crippen LogP contribution in [-0.2, 0) is 11.2 Å². The third-order valence-electron chi connectivity index (χ3n) is 3.11.